The van der Waals surface area contributed by atoms with Crippen LogP contribution in [0, 0.1) is 5.92 Å². The molecule has 3 aliphatic carbocycles. The zero-order valence-electron chi connectivity index (χ0n) is 33.9. The predicted molar refractivity (Wildman–Crippen MR) is 208 cm³/mol. The van der Waals surface area contributed by atoms with Gasteiger partial charge in [-0.1, -0.05) is 18.6 Å². The molecule has 18 heteroatoms. The summed E-state index contributed by atoms with van der Waals surface area (Å²) in [5, 5.41) is 47.0. The van der Waals surface area contributed by atoms with Crippen molar-refractivity contribution in [3.05, 3.63) is 63.7 Å². The van der Waals surface area contributed by atoms with Crippen LogP contribution in [-0.2, 0) is 44.4 Å². The van der Waals surface area contributed by atoms with Crippen LogP contribution in [0.3, 0.4) is 0 Å². The van der Waals surface area contributed by atoms with E-state index < -0.39 is 90.0 Å². The zero-order chi connectivity index (χ0) is 43.0. The van der Waals surface area contributed by atoms with Crippen molar-refractivity contribution in [3.8, 4) is 29.0 Å². The third-order valence-electron chi connectivity index (χ3n) is 12.1. The summed E-state index contributed by atoms with van der Waals surface area (Å²) in [5.41, 5.74) is -0.659. The predicted octanol–water partition coefficient (Wildman–Crippen LogP) is 3.49. The Morgan fingerprint density at radius 2 is 1.64 bits per heavy atom. The first-order chi connectivity index (χ1) is 29.4. The van der Waals surface area contributed by atoms with Crippen LogP contribution < -0.4 is 14.9 Å². The molecular formula is C43H50N2O16. The molecule has 8 rings (SSSR count). The summed E-state index contributed by atoms with van der Waals surface area (Å²) in [6.07, 6.45) is 0.842. The molecule has 0 bridgehead atoms. The van der Waals surface area contributed by atoms with Gasteiger partial charge in [0.05, 0.1) is 55.3 Å². The van der Waals surface area contributed by atoms with Crippen molar-refractivity contribution < 1.29 is 77.6 Å². The molecule has 18 nitrogen and oxygen atoms in total. The number of carbonyl (C=O) groups is 4. The Labute approximate surface area is 350 Å². The fourth-order valence-electron chi connectivity index (χ4n) is 9.03. The van der Waals surface area contributed by atoms with E-state index in [-0.39, 0.29) is 64.3 Å². The van der Waals surface area contributed by atoms with Crippen molar-refractivity contribution >= 4 is 23.3 Å². The molecule has 2 aromatic carbocycles. The van der Waals surface area contributed by atoms with Crippen LogP contribution in [0.4, 0.5) is 0 Å². The number of carbonyl (C=O) groups excluding carboxylic acids is 4. The van der Waals surface area contributed by atoms with E-state index >= 15 is 0 Å². The molecular weight excluding hydrogens is 800 g/mol. The Kier molecular flexibility index (Phi) is 12.4. The molecule has 5 N–H and O–H groups in total. The molecule has 2 saturated heterocycles. The topological polar surface area (TPSA) is 240 Å². The van der Waals surface area contributed by atoms with Gasteiger partial charge in [-0.25, -0.2) is 4.79 Å². The number of Topliss-reactive ketones (excluding diaryl/α,β-unsaturated/α-hetero) is 1. The molecule has 3 heterocycles. The van der Waals surface area contributed by atoms with Crippen LogP contribution >= 0.6 is 0 Å². The lowest BCUT2D eigenvalue weighted by atomic mass is 9.73. The van der Waals surface area contributed by atoms with Crippen LogP contribution in [-0.4, -0.2) is 119 Å². The molecule has 328 valence electrons. The minimum atomic E-state index is -1.33. The number of aromatic nitrogens is 1. The second kappa shape index (κ2) is 17.7. The highest BCUT2D eigenvalue weighted by Crippen LogP contribution is 2.52. The van der Waals surface area contributed by atoms with Gasteiger partial charge in [-0.2, -0.15) is 0 Å². The SMILES string of the molecule is COc1cccc2c1C(=O)c1c(O)c3c(c(O)c1C2=O)CC(C(=O)COC1(OCC(=O)On2c(O)ccc2O)CCCCC1)CC3OC1CCC(OC2COCCN2)C(C)O1. The highest BCUT2D eigenvalue weighted by atomic mass is 16.7. The second-order valence-corrected chi connectivity index (χ2v) is 16.0. The van der Waals surface area contributed by atoms with Gasteiger partial charge in [0.1, 0.15) is 30.1 Å². The summed E-state index contributed by atoms with van der Waals surface area (Å²) in [5.74, 6) is -6.90. The number of methoxy groups -OCH3 is 1. The Morgan fingerprint density at radius 3 is 2.34 bits per heavy atom. The minimum Gasteiger partial charge on any atom is -0.507 e. The molecule has 0 spiro atoms. The van der Waals surface area contributed by atoms with E-state index in [9.17, 15) is 39.6 Å². The van der Waals surface area contributed by atoms with Gasteiger partial charge in [0.2, 0.25) is 17.5 Å². The summed E-state index contributed by atoms with van der Waals surface area (Å²) in [7, 11) is 1.36. The Morgan fingerprint density at radius 1 is 0.902 bits per heavy atom. The third kappa shape index (κ3) is 8.45. The number of rotatable bonds is 13. The van der Waals surface area contributed by atoms with Crippen molar-refractivity contribution in [2.75, 3.05) is 40.1 Å². The van der Waals surface area contributed by atoms with Crippen molar-refractivity contribution in [1.82, 2.24) is 10.0 Å². The van der Waals surface area contributed by atoms with E-state index in [1.807, 2.05) is 6.92 Å². The van der Waals surface area contributed by atoms with Crippen LogP contribution in [0.25, 0.3) is 0 Å². The second-order valence-electron chi connectivity index (χ2n) is 16.0. The van der Waals surface area contributed by atoms with Gasteiger partial charge in [0.25, 0.3) is 0 Å². The summed E-state index contributed by atoms with van der Waals surface area (Å²) in [6, 6.07) is 6.80. The van der Waals surface area contributed by atoms with Gasteiger partial charge in [0.15, 0.2) is 30.3 Å². The number of aromatic hydroxyl groups is 4. The summed E-state index contributed by atoms with van der Waals surface area (Å²) < 4.78 is 42.7. The smallest absolute Gasteiger partial charge is 0.358 e. The minimum absolute atomic E-state index is 0.00360. The molecule has 3 fully saturated rings. The van der Waals surface area contributed by atoms with Gasteiger partial charge < -0.3 is 58.4 Å². The number of hydrogen-bond donors (Lipinski definition) is 5. The van der Waals surface area contributed by atoms with Gasteiger partial charge >= 0.3 is 5.97 Å². The van der Waals surface area contributed by atoms with E-state index in [1.54, 1.807) is 6.07 Å². The maximum Gasteiger partial charge on any atom is 0.358 e. The first-order valence-corrected chi connectivity index (χ1v) is 20.6. The maximum atomic E-state index is 14.2. The van der Waals surface area contributed by atoms with Crippen molar-refractivity contribution in [2.45, 2.75) is 101 Å². The fourth-order valence-corrected chi connectivity index (χ4v) is 9.03. The summed E-state index contributed by atoms with van der Waals surface area (Å²) in [6.45, 7) is 2.43. The molecule has 6 unspecified atom stereocenters. The van der Waals surface area contributed by atoms with Crippen molar-refractivity contribution in [1.29, 1.82) is 0 Å². The van der Waals surface area contributed by atoms with E-state index in [0.29, 0.717) is 63.0 Å². The molecule has 0 radical (unpaired) electrons. The normalized spacial score (nSPS) is 25.9. The molecule has 61 heavy (non-hydrogen) atoms. The lowest BCUT2D eigenvalue weighted by Crippen LogP contribution is -2.49. The van der Waals surface area contributed by atoms with E-state index in [4.69, 9.17) is 38.0 Å². The number of fused-ring (bicyclic) bond motifs is 3. The molecule has 1 saturated carbocycles. The number of hydrogen-bond acceptors (Lipinski definition) is 17. The third-order valence-corrected chi connectivity index (χ3v) is 12.1. The van der Waals surface area contributed by atoms with Crippen LogP contribution in [0.15, 0.2) is 30.3 Å². The van der Waals surface area contributed by atoms with Crippen LogP contribution in [0.2, 0.25) is 0 Å². The highest BCUT2D eigenvalue weighted by molar-refractivity contribution is 6.31. The Balaban J connectivity index is 1.05. The molecule has 6 atom stereocenters. The van der Waals surface area contributed by atoms with E-state index in [2.05, 4.69) is 5.32 Å². The molecule has 5 aliphatic rings. The maximum absolute atomic E-state index is 14.2. The first kappa shape index (κ1) is 42.6. The standard InChI is InChI=1S/C43H50N2O16/c1-22-27(59-30-20-55-16-15-44-30)9-12-34(58-22)60-29-18-23(26(46)19-56-43(13-4-3-5-14-43)57-21-33(49)61-45-31(47)10-11-32(45)48)17-25-36(29)42(53)38-37(40(25)51)39(50)24-7-6-8-28(54-2)35(24)41(38)52/h6-8,10-11,22-23,27,29-30,34,44,47-48,51,53H,3-5,9,12-21H2,1-2H3. The van der Waals surface area contributed by atoms with Gasteiger partial charge in [0, 0.05) is 60.5 Å². The lowest BCUT2D eigenvalue weighted by molar-refractivity contribution is -0.257. The summed E-state index contributed by atoms with van der Waals surface area (Å²) in [4.78, 5) is 60.1. The van der Waals surface area contributed by atoms with Gasteiger partial charge in [-0.05, 0) is 45.1 Å². The number of benzene rings is 2. The largest absolute Gasteiger partial charge is 0.507 e. The average molecular weight is 851 g/mol. The number of ketones is 3. The number of phenolic OH excluding ortho intramolecular Hbond substituents is 2. The number of nitrogens with one attached hydrogen (secondary N) is 1. The van der Waals surface area contributed by atoms with Crippen molar-refractivity contribution in [3.63, 3.8) is 0 Å². The molecule has 2 aliphatic heterocycles. The lowest BCUT2D eigenvalue weighted by Gasteiger charge is -2.40. The zero-order valence-corrected chi connectivity index (χ0v) is 33.9. The molecule has 3 aromatic rings. The number of nitrogens with zero attached hydrogens (tertiary/aromatic N) is 1. The number of ether oxygens (including phenoxy) is 7. The highest BCUT2D eigenvalue weighted by Gasteiger charge is 2.46. The Bertz CT molecular complexity index is 2150. The summed E-state index contributed by atoms with van der Waals surface area (Å²) >= 11 is 0. The average Bonchev–Trinajstić information content (AvgIpc) is 3.58. The monoisotopic (exact) mass is 850 g/mol. The van der Waals surface area contributed by atoms with Gasteiger partial charge in [-0.3, -0.25) is 19.7 Å². The Hall–Kier alpha value is -5.08. The quantitative estimate of drug-likeness (QED) is 0.0956. The van der Waals surface area contributed by atoms with Crippen LogP contribution in [0.1, 0.15) is 107 Å². The molecule has 0 amide bonds. The first-order valence-electron chi connectivity index (χ1n) is 20.6. The van der Waals surface area contributed by atoms with Crippen LogP contribution in [0.5, 0.6) is 29.0 Å². The fraction of sp³-hybridized carbons (Fsp3) is 0.535. The number of morpholine rings is 1. The molecule has 1 aromatic heterocycles. The van der Waals surface area contributed by atoms with E-state index in [0.717, 1.165) is 18.6 Å². The van der Waals surface area contributed by atoms with E-state index in [1.165, 1.54) is 19.2 Å². The van der Waals surface area contributed by atoms with Crippen molar-refractivity contribution in [2.24, 2.45) is 5.92 Å². The number of phenols is 2. The van der Waals surface area contributed by atoms with Gasteiger partial charge in [-0.15, -0.1) is 4.73 Å².